The Kier molecular flexibility index (Phi) is 13.1. The van der Waals surface area contributed by atoms with Crippen LogP contribution in [0.3, 0.4) is 0 Å². The van der Waals surface area contributed by atoms with Crippen molar-refractivity contribution in [1.29, 1.82) is 0 Å². The number of hydrogen-bond donors (Lipinski definition) is 2. The number of piperazine rings is 1. The highest BCUT2D eigenvalue weighted by atomic mass is 35.5. The van der Waals surface area contributed by atoms with E-state index in [0.717, 1.165) is 43.5 Å². The van der Waals surface area contributed by atoms with Gasteiger partial charge in [-0.05, 0) is 72.4 Å². The number of benzene rings is 3. The number of rotatable bonds is 11. The second kappa shape index (κ2) is 15.5. The standard InChI is InChI=1S/C29H33F3N2O2.2ClH/c30-25-10-4-22(5-11-25)28(23-6-12-26(31)13-7-23)36-21-3-1-2-16-29(35,34-19-17-33-18-20-34)24-8-14-27(32)15-9-24;;/h4-15,28,33,35H,1-3,16-21H2;2*1H. The van der Waals surface area contributed by atoms with Crippen LogP contribution in [0, 0.1) is 17.5 Å². The van der Waals surface area contributed by atoms with Crippen LogP contribution in [0.2, 0.25) is 0 Å². The average molecular weight is 572 g/mol. The highest BCUT2D eigenvalue weighted by Crippen LogP contribution is 2.32. The molecule has 0 aromatic heterocycles. The van der Waals surface area contributed by atoms with E-state index >= 15 is 0 Å². The molecule has 0 radical (unpaired) electrons. The highest BCUT2D eigenvalue weighted by molar-refractivity contribution is 5.85. The van der Waals surface area contributed by atoms with Gasteiger partial charge in [0.25, 0.3) is 0 Å². The Labute approximate surface area is 235 Å². The zero-order valence-electron chi connectivity index (χ0n) is 21.1. The van der Waals surface area contributed by atoms with Gasteiger partial charge in [-0.25, -0.2) is 13.2 Å². The summed E-state index contributed by atoms with van der Waals surface area (Å²) in [5.41, 5.74) is 1.15. The third-order valence-electron chi connectivity index (χ3n) is 6.75. The van der Waals surface area contributed by atoms with E-state index in [1.54, 1.807) is 36.4 Å². The maximum atomic E-state index is 13.5. The Morgan fingerprint density at radius 2 is 1.21 bits per heavy atom. The SMILES string of the molecule is Cl.Cl.OC(CCCCCOC(c1ccc(F)cc1)c1ccc(F)cc1)(c1ccc(F)cc1)N1CCNCC1. The van der Waals surface area contributed by atoms with Crippen LogP contribution in [0.25, 0.3) is 0 Å². The van der Waals surface area contributed by atoms with Gasteiger partial charge in [0.2, 0.25) is 0 Å². The zero-order valence-corrected chi connectivity index (χ0v) is 22.8. The van der Waals surface area contributed by atoms with E-state index in [9.17, 15) is 18.3 Å². The van der Waals surface area contributed by atoms with E-state index in [0.29, 0.717) is 31.7 Å². The van der Waals surface area contributed by atoms with Crippen molar-refractivity contribution >= 4 is 24.8 Å². The zero-order chi connectivity index (χ0) is 25.4. The van der Waals surface area contributed by atoms with Gasteiger partial charge in [0.1, 0.15) is 29.3 Å². The van der Waals surface area contributed by atoms with Crippen LogP contribution in [0.1, 0.15) is 48.5 Å². The van der Waals surface area contributed by atoms with Gasteiger partial charge in [-0.15, -0.1) is 24.8 Å². The largest absolute Gasteiger partial charge is 0.371 e. The minimum absolute atomic E-state index is 0. The van der Waals surface area contributed by atoms with E-state index in [1.807, 2.05) is 0 Å². The van der Waals surface area contributed by atoms with Crippen molar-refractivity contribution in [2.75, 3.05) is 32.8 Å². The number of unbranched alkanes of at least 4 members (excludes halogenated alkanes) is 2. The van der Waals surface area contributed by atoms with Crippen molar-refractivity contribution in [2.45, 2.75) is 37.5 Å². The van der Waals surface area contributed by atoms with E-state index in [1.165, 1.54) is 36.4 Å². The normalized spacial score (nSPS) is 15.4. The molecule has 1 aliphatic heterocycles. The Morgan fingerprint density at radius 1 is 0.737 bits per heavy atom. The molecular weight excluding hydrogens is 536 g/mol. The first-order chi connectivity index (χ1) is 17.5. The van der Waals surface area contributed by atoms with Crippen LogP contribution in [-0.2, 0) is 10.5 Å². The van der Waals surface area contributed by atoms with E-state index in [2.05, 4.69) is 10.2 Å². The molecule has 38 heavy (non-hydrogen) atoms. The molecule has 1 unspecified atom stereocenters. The molecular formula is C29H35Cl2F3N2O2. The van der Waals surface area contributed by atoms with Crippen LogP contribution in [0.15, 0.2) is 72.8 Å². The first-order valence-electron chi connectivity index (χ1n) is 12.5. The first-order valence-corrected chi connectivity index (χ1v) is 12.5. The summed E-state index contributed by atoms with van der Waals surface area (Å²) < 4.78 is 46.5. The average Bonchev–Trinajstić information content (AvgIpc) is 2.90. The molecule has 208 valence electrons. The number of ether oxygens (including phenoxy) is 1. The van der Waals surface area contributed by atoms with Gasteiger partial charge >= 0.3 is 0 Å². The van der Waals surface area contributed by atoms with Gasteiger partial charge < -0.3 is 15.2 Å². The summed E-state index contributed by atoms with van der Waals surface area (Å²) in [6, 6.07) is 18.4. The summed E-state index contributed by atoms with van der Waals surface area (Å²) in [7, 11) is 0. The number of hydrogen-bond acceptors (Lipinski definition) is 4. The molecule has 1 atom stereocenters. The smallest absolute Gasteiger partial charge is 0.144 e. The number of halogens is 5. The van der Waals surface area contributed by atoms with Crippen LogP contribution >= 0.6 is 24.8 Å². The minimum atomic E-state index is -1.15. The quantitative estimate of drug-likeness (QED) is 0.263. The summed E-state index contributed by atoms with van der Waals surface area (Å²) in [6.07, 6.45) is 2.45. The van der Waals surface area contributed by atoms with Crippen LogP contribution in [-0.4, -0.2) is 42.8 Å². The van der Waals surface area contributed by atoms with Crippen molar-refractivity contribution in [3.05, 3.63) is 107 Å². The molecule has 0 aliphatic carbocycles. The first kappa shape index (κ1) is 32.1. The molecule has 1 heterocycles. The Hall–Kier alpha value is -2.13. The molecule has 1 aliphatic rings. The third kappa shape index (κ3) is 8.43. The molecule has 1 saturated heterocycles. The highest BCUT2D eigenvalue weighted by Gasteiger charge is 2.36. The lowest BCUT2D eigenvalue weighted by molar-refractivity contribution is -0.128. The summed E-state index contributed by atoms with van der Waals surface area (Å²) in [5.74, 6) is -0.972. The van der Waals surface area contributed by atoms with Crippen molar-refractivity contribution in [3.8, 4) is 0 Å². The lowest BCUT2D eigenvalue weighted by Gasteiger charge is -2.42. The van der Waals surface area contributed by atoms with Crippen LogP contribution < -0.4 is 5.32 Å². The molecule has 0 spiro atoms. The predicted molar refractivity (Wildman–Crippen MR) is 148 cm³/mol. The molecule has 4 rings (SSSR count). The Bertz CT molecular complexity index is 1040. The fourth-order valence-corrected chi connectivity index (χ4v) is 4.75. The number of aliphatic hydroxyl groups is 1. The van der Waals surface area contributed by atoms with E-state index < -0.39 is 11.8 Å². The summed E-state index contributed by atoms with van der Waals surface area (Å²) in [6.45, 7) is 3.49. The van der Waals surface area contributed by atoms with Crippen molar-refractivity contribution in [2.24, 2.45) is 0 Å². The number of nitrogens with one attached hydrogen (secondary N) is 1. The van der Waals surface area contributed by atoms with Crippen molar-refractivity contribution in [3.63, 3.8) is 0 Å². The van der Waals surface area contributed by atoms with E-state index in [4.69, 9.17) is 4.74 Å². The second-order valence-corrected chi connectivity index (χ2v) is 9.23. The summed E-state index contributed by atoms with van der Waals surface area (Å²) in [4.78, 5) is 2.06. The summed E-state index contributed by atoms with van der Waals surface area (Å²) >= 11 is 0. The van der Waals surface area contributed by atoms with Gasteiger partial charge in [0, 0.05) is 32.8 Å². The van der Waals surface area contributed by atoms with Gasteiger partial charge in [-0.2, -0.15) is 0 Å². The third-order valence-corrected chi connectivity index (χ3v) is 6.75. The second-order valence-electron chi connectivity index (χ2n) is 9.23. The minimum Gasteiger partial charge on any atom is -0.371 e. The maximum absolute atomic E-state index is 13.5. The monoisotopic (exact) mass is 570 g/mol. The van der Waals surface area contributed by atoms with Crippen molar-refractivity contribution in [1.82, 2.24) is 10.2 Å². The summed E-state index contributed by atoms with van der Waals surface area (Å²) in [5, 5.41) is 15.0. The fraction of sp³-hybridized carbons (Fsp3) is 0.379. The molecule has 3 aromatic rings. The topological polar surface area (TPSA) is 44.7 Å². The van der Waals surface area contributed by atoms with Gasteiger partial charge in [-0.1, -0.05) is 42.8 Å². The Balaban J connectivity index is 0.00000253. The lowest BCUT2D eigenvalue weighted by Crippen LogP contribution is -2.54. The fourth-order valence-electron chi connectivity index (χ4n) is 4.75. The molecule has 4 nitrogen and oxygen atoms in total. The molecule has 2 N–H and O–H groups in total. The predicted octanol–water partition coefficient (Wildman–Crippen LogP) is 6.36. The van der Waals surface area contributed by atoms with Crippen LogP contribution in [0.4, 0.5) is 13.2 Å². The molecule has 1 fully saturated rings. The van der Waals surface area contributed by atoms with Gasteiger partial charge in [-0.3, -0.25) is 4.90 Å². The lowest BCUT2D eigenvalue weighted by atomic mass is 9.93. The maximum Gasteiger partial charge on any atom is 0.144 e. The number of nitrogens with zero attached hydrogens (tertiary/aromatic N) is 1. The molecule has 0 saturated carbocycles. The van der Waals surface area contributed by atoms with Crippen molar-refractivity contribution < 1.29 is 23.0 Å². The molecule has 3 aromatic carbocycles. The van der Waals surface area contributed by atoms with Gasteiger partial charge in [0.15, 0.2) is 0 Å². The Morgan fingerprint density at radius 3 is 1.71 bits per heavy atom. The molecule has 9 heteroatoms. The van der Waals surface area contributed by atoms with E-state index in [-0.39, 0.29) is 42.3 Å². The molecule has 0 bridgehead atoms. The van der Waals surface area contributed by atoms with Gasteiger partial charge in [0.05, 0.1) is 0 Å². The van der Waals surface area contributed by atoms with Crippen LogP contribution in [0.5, 0.6) is 0 Å². The molecule has 0 amide bonds.